The van der Waals surface area contributed by atoms with Gasteiger partial charge in [-0.25, -0.2) is 0 Å². The standard InChI is InChI=1S/C34H40ClN3O2S/c1-22-20-24(6-11-30(22)40-28-12-16-36-17-13-28)21-38-18-14-27(15-19-38)37-34(39)33-23(2)32-29(4-3-5-31(32)41-33)25-7-9-26(35)10-8-25/h3-11,20,23,27-28,33,36H,12-19,21H2,1-2H3,(H,37,39). The number of halogens is 1. The number of carbonyl (C=O) groups excluding carboxylic acids is 1. The van der Waals surface area contributed by atoms with Crippen LogP contribution in [0.3, 0.4) is 0 Å². The number of fused-ring (bicyclic) bond motifs is 1. The van der Waals surface area contributed by atoms with E-state index in [-0.39, 0.29) is 23.1 Å². The lowest BCUT2D eigenvalue weighted by molar-refractivity contribution is -0.121. The maximum atomic E-state index is 13.5. The minimum absolute atomic E-state index is 0.106. The fourth-order valence-corrected chi connectivity index (χ4v) is 7.98. The van der Waals surface area contributed by atoms with Crippen molar-refractivity contribution in [3.05, 3.63) is 82.4 Å². The van der Waals surface area contributed by atoms with Crippen molar-refractivity contribution in [2.24, 2.45) is 0 Å². The van der Waals surface area contributed by atoms with E-state index in [0.717, 1.165) is 74.7 Å². The van der Waals surface area contributed by atoms with Gasteiger partial charge >= 0.3 is 0 Å². The Labute approximate surface area is 253 Å². The zero-order valence-electron chi connectivity index (χ0n) is 24.0. The highest BCUT2D eigenvalue weighted by molar-refractivity contribution is 8.01. The van der Waals surface area contributed by atoms with Crippen LogP contribution in [-0.4, -0.2) is 54.4 Å². The van der Waals surface area contributed by atoms with Crippen molar-refractivity contribution < 1.29 is 9.53 Å². The highest BCUT2D eigenvalue weighted by Crippen LogP contribution is 2.49. The van der Waals surface area contributed by atoms with Gasteiger partial charge in [-0.05, 0) is 97.8 Å². The first-order valence-corrected chi connectivity index (χ1v) is 16.3. The van der Waals surface area contributed by atoms with E-state index >= 15 is 0 Å². The van der Waals surface area contributed by atoms with Crippen LogP contribution < -0.4 is 15.4 Å². The van der Waals surface area contributed by atoms with E-state index in [9.17, 15) is 4.79 Å². The minimum Gasteiger partial charge on any atom is -0.490 e. The zero-order valence-corrected chi connectivity index (χ0v) is 25.6. The Hall–Kier alpha value is -2.51. The number of aryl methyl sites for hydroxylation is 1. The molecule has 5 nitrogen and oxygen atoms in total. The molecule has 0 bridgehead atoms. The molecular weight excluding hydrogens is 550 g/mol. The van der Waals surface area contributed by atoms with Crippen molar-refractivity contribution in [1.29, 1.82) is 0 Å². The first-order chi connectivity index (χ1) is 19.9. The molecule has 0 saturated carbocycles. The van der Waals surface area contributed by atoms with Gasteiger partial charge in [0, 0.05) is 41.5 Å². The minimum atomic E-state index is -0.106. The fraction of sp³-hybridized carbons (Fsp3) is 0.441. The van der Waals surface area contributed by atoms with E-state index in [1.165, 1.54) is 27.1 Å². The average Bonchev–Trinajstić information content (AvgIpc) is 3.33. The summed E-state index contributed by atoms with van der Waals surface area (Å²) in [6.45, 7) is 9.34. The molecule has 2 N–H and O–H groups in total. The van der Waals surface area contributed by atoms with Crippen LogP contribution in [0.15, 0.2) is 65.6 Å². The maximum absolute atomic E-state index is 13.5. The Morgan fingerprint density at radius 3 is 2.54 bits per heavy atom. The summed E-state index contributed by atoms with van der Waals surface area (Å²) in [7, 11) is 0. The van der Waals surface area contributed by atoms with Gasteiger partial charge in [-0.1, -0.05) is 54.9 Å². The lowest BCUT2D eigenvalue weighted by atomic mass is 9.89. The summed E-state index contributed by atoms with van der Waals surface area (Å²) in [4.78, 5) is 17.2. The molecule has 2 unspecified atom stereocenters. The SMILES string of the molecule is Cc1cc(CN2CCC(NC(=O)C3Sc4cccc(-c5ccc(Cl)cc5)c4C3C)CC2)ccc1OC1CCNCC1. The monoisotopic (exact) mass is 589 g/mol. The van der Waals surface area contributed by atoms with Crippen molar-refractivity contribution in [1.82, 2.24) is 15.5 Å². The molecular formula is C34H40ClN3O2S. The zero-order chi connectivity index (χ0) is 28.3. The van der Waals surface area contributed by atoms with Gasteiger partial charge in [-0.15, -0.1) is 11.8 Å². The topological polar surface area (TPSA) is 53.6 Å². The van der Waals surface area contributed by atoms with Crippen LogP contribution in [0.2, 0.25) is 5.02 Å². The number of nitrogens with zero attached hydrogens (tertiary/aromatic N) is 1. The molecule has 3 aromatic rings. The summed E-state index contributed by atoms with van der Waals surface area (Å²) in [6.07, 6.45) is 4.43. The first-order valence-electron chi connectivity index (χ1n) is 15.0. The number of piperidine rings is 2. The number of amides is 1. The molecule has 2 fully saturated rings. The molecule has 6 rings (SSSR count). The highest BCUT2D eigenvalue weighted by atomic mass is 35.5. The molecule has 2 saturated heterocycles. The highest BCUT2D eigenvalue weighted by Gasteiger charge is 2.38. The number of ether oxygens (including phenoxy) is 1. The van der Waals surface area contributed by atoms with Crippen LogP contribution in [0.4, 0.5) is 0 Å². The molecule has 0 radical (unpaired) electrons. The largest absolute Gasteiger partial charge is 0.490 e. The average molecular weight is 590 g/mol. The summed E-state index contributed by atoms with van der Waals surface area (Å²) < 4.78 is 6.29. The van der Waals surface area contributed by atoms with Gasteiger partial charge in [0.25, 0.3) is 0 Å². The maximum Gasteiger partial charge on any atom is 0.234 e. The number of nitrogens with one attached hydrogen (secondary N) is 2. The molecule has 0 aliphatic carbocycles. The second-order valence-corrected chi connectivity index (χ2v) is 13.4. The van der Waals surface area contributed by atoms with E-state index in [0.29, 0.717) is 6.10 Å². The molecule has 216 valence electrons. The Morgan fingerprint density at radius 2 is 1.80 bits per heavy atom. The third kappa shape index (κ3) is 6.61. The van der Waals surface area contributed by atoms with Gasteiger partial charge in [0.1, 0.15) is 11.9 Å². The Morgan fingerprint density at radius 1 is 1.05 bits per heavy atom. The molecule has 3 heterocycles. The van der Waals surface area contributed by atoms with Gasteiger partial charge in [-0.3, -0.25) is 9.69 Å². The smallest absolute Gasteiger partial charge is 0.234 e. The van der Waals surface area contributed by atoms with Gasteiger partial charge < -0.3 is 15.4 Å². The van der Waals surface area contributed by atoms with Crippen LogP contribution in [0, 0.1) is 6.92 Å². The molecule has 41 heavy (non-hydrogen) atoms. The predicted octanol–water partition coefficient (Wildman–Crippen LogP) is 6.80. The van der Waals surface area contributed by atoms with Crippen LogP contribution in [-0.2, 0) is 11.3 Å². The predicted molar refractivity (Wildman–Crippen MR) is 169 cm³/mol. The van der Waals surface area contributed by atoms with Crippen LogP contribution in [0.25, 0.3) is 11.1 Å². The van der Waals surface area contributed by atoms with Gasteiger partial charge in [-0.2, -0.15) is 0 Å². The number of likely N-dealkylation sites (tertiary alicyclic amines) is 1. The van der Waals surface area contributed by atoms with Gasteiger partial charge in [0.2, 0.25) is 5.91 Å². The molecule has 2 atom stereocenters. The molecule has 3 aromatic carbocycles. The summed E-state index contributed by atoms with van der Waals surface area (Å²) in [5.74, 6) is 1.33. The van der Waals surface area contributed by atoms with Crippen molar-refractivity contribution in [2.75, 3.05) is 26.2 Å². The van der Waals surface area contributed by atoms with Crippen LogP contribution in [0.1, 0.15) is 55.2 Å². The molecule has 3 aliphatic rings. The van der Waals surface area contributed by atoms with Crippen molar-refractivity contribution in [3.8, 4) is 16.9 Å². The lowest BCUT2D eigenvalue weighted by Crippen LogP contribution is -2.47. The second-order valence-electron chi connectivity index (χ2n) is 11.8. The van der Waals surface area contributed by atoms with E-state index < -0.39 is 0 Å². The summed E-state index contributed by atoms with van der Waals surface area (Å²) in [5, 5.41) is 7.43. The van der Waals surface area contributed by atoms with Crippen molar-refractivity contribution in [3.63, 3.8) is 0 Å². The molecule has 3 aliphatic heterocycles. The number of hydrogen-bond donors (Lipinski definition) is 2. The summed E-state index contributed by atoms with van der Waals surface area (Å²) in [5.41, 5.74) is 6.16. The Kier molecular flexibility index (Phi) is 8.92. The molecule has 1 amide bonds. The van der Waals surface area contributed by atoms with Crippen LogP contribution >= 0.6 is 23.4 Å². The Bertz CT molecular complexity index is 1370. The summed E-state index contributed by atoms with van der Waals surface area (Å²) in [6, 6.07) is 21.3. The molecule has 0 aromatic heterocycles. The first kappa shape index (κ1) is 28.6. The van der Waals surface area contributed by atoms with Crippen molar-refractivity contribution >= 4 is 29.3 Å². The number of benzene rings is 3. The third-order valence-electron chi connectivity index (χ3n) is 8.80. The van der Waals surface area contributed by atoms with E-state index in [1.54, 1.807) is 11.8 Å². The summed E-state index contributed by atoms with van der Waals surface area (Å²) >= 11 is 7.83. The van der Waals surface area contributed by atoms with E-state index in [4.69, 9.17) is 16.3 Å². The quantitative estimate of drug-likeness (QED) is 0.317. The third-order valence-corrected chi connectivity index (χ3v) is 10.5. The Balaban J connectivity index is 1.01. The van der Waals surface area contributed by atoms with E-state index in [2.05, 4.69) is 77.9 Å². The van der Waals surface area contributed by atoms with Crippen molar-refractivity contribution in [2.45, 2.75) is 74.3 Å². The van der Waals surface area contributed by atoms with Crippen LogP contribution in [0.5, 0.6) is 5.75 Å². The normalized spacial score (nSPS) is 21.9. The number of thioether (sulfide) groups is 1. The van der Waals surface area contributed by atoms with Gasteiger partial charge in [0.15, 0.2) is 0 Å². The number of hydrogen-bond acceptors (Lipinski definition) is 5. The lowest BCUT2D eigenvalue weighted by Gasteiger charge is -2.33. The van der Waals surface area contributed by atoms with E-state index in [1.807, 2.05) is 12.1 Å². The van der Waals surface area contributed by atoms with Gasteiger partial charge in [0.05, 0.1) is 5.25 Å². The molecule has 0 spiro atoms. The second kappa shape index (κ2) is 12.8. The number of rotatable bonds is 7. The fourth-order valence-electron chi connectivity index (χ4n) is 6.48. The number of carbonyl (C=O) groups is 1. The molecule has 7 heteroatoms.